The Morgan fingerprint density at radius 1 is 1.44 bits per heavy atom. The lowest BCUT2D eigenvalue weighted by atomic mass is 10.0. The largest absolute Gasteiger partial charge is 0.352 e. The fourth-order valence-electron chi connectivity index (χ4n) is 2.56. The first kappa shape index (κ1) is 13.3. The number of aryl methyl sites for hydroxylation is 1. The summed E-state index contributed by atoms with van der Waals surface area (Å²) < 4.78 is 0. The Labute approximate surface area is 110 Å². The van der Waals surface area contributed by atoms with Crippen LogP contribution in [0.15, 0.2) is 12.3 Å². The maximum Gasteiger partial charge on any atom is 0.132 e. The van der Waals surface area contributed by atoms with Crippen molar-refractivity contribution in [1.82, 2.24) is 15.3 Å². The Balaban J connectivity index is 2.03. The standard InChI is InChI=1S/C14H24N4/c1-3-8-15-11-13-6-4-5-10-18(13)14-7-9-16-12(2)17-14/h7,9,13,15H,3-6,8,10-11H2,1-2H3. The Hall–Kier alpha value is -1.16. The minimum Gasteiger partial charge on any atom is -0.352 e. The summed E-state index contributed by atoms with van der Waals surface area (Å²) in [7, 11) is 0. The van der Waals surface area contributed by atoms with Crippen molar-refractivity contribution in [2.75, 3.05) is 24.5 Å². The molecule has 1 aliphatic rings. The monoisotopic (exact) mass is 248 g/mol. The lowest BCUT2D eigenvalue weighted by Crippen LogP contribution is -2.46. The summed E-state index contributed by atoms with van der Waals surface area (Å²) in [6, 6.07) is 2.62. The first-order valence-electron chi connectivity index (χ1n) is 7.08. The fourth-order valence-corrected chi connectivity index (χ4v) is 2.56. The Bertz CT molecular complexity index is 367. The molecule has 2 heterocycles. The molecule has 100 valence electrons. The zero-order valence-electron chi connectivity index (χ0n) is 11.5. The molecule has 4 nitrogen and oxygen atoms in total. The van der Waals surface area contributed by atoms with Crippen molar-refractivity contribution >= 4 is 5.82 Å². The maximum absolute atomic E-state index is 4.56. The van der Waals surface area contributed by atoms with Crippen LogP contribution < -0.4 is 10.2 Å². The summed E-state index contributed by atoms with van der Waals surface area (Å²) in [5, 5.41) is 3.53. The summed E-state index contributed by atoms with van der Waals surface area (Å²) in [6.07, 6.45) is 6.92. The van der Waals surface area contributed by atoms with E-state index in [1.54, 1.807) is 0 Å². The normalized spacial score (nSPS) is 20.1. The van der Waals surface area contributed by atoms with Gasteiger partial charge in [-0.05, 0) is 45.2 Å². The van der Waals surface area contributed by atoms with Gasteiger partial charge in [-0.3, -0.25) is 0 Å². The molecule has 0 aliphatic carbocycles. The van der Waals surface area contributed by atoms with Crippen LogP contribution >= 0.6 is 0 Å². The molecule has 18 heavy (non-hydrogen) atoms. The van der Waals surface area contributed by atoms with Crippen LogP contribution in [0.5, 0.6) is 0 Å². The van der Waals surface area contributed by atoms with Gasteiger partial charge in [0.1, 0.15) is 11.6 Å². The van der Waals surface area contributed by atoms with E-state index in [9.17, 15) is 0 Å². The van der Waals surface area contributed by atoms with Gasteiger partial charge >= 0.3 is 0 Å². The van der Waals surface area contributed by atoms with Gasteiger partial charge in [-0.25, -0.2) is 9.97 Å². The number of anilines is 1. The minimum atomic E-state index is 0.583. The van der Waals surface area contributed by atoms with Gasteiger partial charge in [0.05, 0.1) is 0 Å². The van der Waals surface area contributed by atoms with Crippen LogP contribution in [0.2, 0.25) is 0 Å². The molecule has 0 spiro atoms. The van der Waals surface area contributed by atoms with Gasteiger partial charge in [-0.15, -0.1) is 0 Å². The van der Waals surface area contributed by atoms with Crippen molar-refractivity contribution in [3.05, 3.63) is 18.1 Å². The molecule has 4 heteroatoms. The van der Waals surface area contributed by atoms with Gasteiger partial charge < -0.3 is 10.2 Å². The van der Waals surface area contributed by atoms with Crippen molar-refractivity contribution in [2.24, 2.45) is 0 Å². The highest BCUT2D eigenvalue weighted by atomic mass is 15.2. The molecule has 1 saturated heterocycles. The highest BCUT2D eigenvalue weighted by molar-refractivity contribution is 5.39. The predicted molar refractivity (Wildman–Crippen MR) is 74.9 cm³/mol. The predicted octanol–water partition coefficient (Wildman–Crippen LogP) is 2.14. The number of piperidine rings is 1. The number of hydrogen-bond acceptors (Lipinski definition) is 4. The van der Waals surface area contributed by atoms with Crippen LogP contribution in [-0.4, -0.2) is 35.6 Å². The van der Waals surface area contributed by atoms with E-state index in [1.165, 1.54) is 25.7 Å². The molecule has 1 aromatic rings. The van der Waals surface area contributed by atoms with Gasteiger partial charge in [0.2, 0.25) is 0 Å². The summed E-state index contributed by atoms with van der Waals surface area (Å²) in [5.41, 5.74) is 0. The van der Waals surface area contributed by atoms with Crippen LogP contribution in [0.25, 0.3) is 0 Å². The quantitative estimate of drug-likeness (QED) is 0.811. The highest BCUT2D eigenvalue weighted by Gasteiger charge is 2.23. The molecule has 2 rings (SSSR count). The smallest absolute Gasteiger partial charge is 0.132 e. The summed E-state index contributed by atoms with van der Waals surface area (Å²) in [5.74, 6) is 1.95. The third kappa shape index (κ3) is 3.42. The van der Waals surface area contributed by atoms with E-state index in [0.29, 0.717) is 6.04 Å². The second-order valence-corrected chi connectivity index (χ2v) is 5.01. The molecule has 1 atom stereocenters. The van der Waals surface area contributed by atoms with Gasteiger partial charge in [0.15, 0.2) is 0 Å². The molecule has 0 bridgehead atoms. The highest BCUT2D eigenvalue weighted by Crippen LogP contribution is 2.22. The number of aromatic nitrogens is 2. The van der Waals surface area contributed by atoms with Gasteiger partial charge in [-0.1, -0.05) is 6.92 Å². The van der Waals surface area contributed by atoms with E-state index in [-0.39, 0.29) is 0 Å². The van der Waals surface area contributed by atoms with Crippen molar-refractivity contribution in [3.63, 3.8) is 0 Å². The number of nitrogens with zero attached hydrogens (tertiary/aromatic N) is 3. The SMILES string of the molecule is CCCNCC1CCCCN1c1ccnc(C)n1. The average Bonchev–Trinajstić information content (AvgIpc) is 2.40. The molecule has 0 amide bonds. The number of hydrogen-bond donors (Lipinski definition) is 1. The van der Waals surface area contributed by atoms with Crippen molar-refractivity contribution in [1.29, 1.82) is 0 Å². The van der Waals surface area contributed by atoms with E-state index in [2.05, 4.69) is 27.1 Å². The fraction of sp³-hybridized carbons (Fsp3) is 0.714. The minimum absolute atomic E-state index is 0.583. The number of rotatable bonds is 5. The van der Waals surface area contributed by atoms with Crippen LogP contribution in [0.3, 0.4) is 0 Å². The van der Waals surface area contributed by atoms with Gasteiger partial charge in [0, 0.05) is 25.3 Å². The maximum atomic E-state index is 4.56. The third-order valence-corrected chi connectivity index (χ3v) is 3.49. The Morgan fingerprint density at radius 2 is 2.33 bits per heavy atom. The lowest BCUT2D eigenvalue weighted by Gasteiger charge is -2.37. The van der Waals surface area contributed by atoms with Crippen LogP contribution in [-0.2, 0) is 0 Å². The first-order valence-corrected chi connectivity index (χ1v) is 7.08. The molecule has 0 aromatic carbocycles. The van der Waals surface area contributed by atoms with Gasteiger partial charge in [-0.2, -0.15) is 0 Å². The topological polar surface area (TPSA) is 41.0 Å². The first-order chi connectivity index (χ1) is 8.81. The molecular formula is C14H24N4. The lowest BCUT2D eigenvalue weighted by molar-refractivity contribution is 0.432. The summed E-state index contributed by atoms with van der Waals surface area (Å²) in [4.78, 5) is 11.2. The van der Waals surface area contributed by atoms with E-state index < -0.39 is 0 Å². The zero-order chi connectivity index (χ0) is 12.8. The average molecular weight is 248 g/mol. The second kappa shape index (κ2) is 6.69. The van der Waals surface area contributed by atoms with E-state index in [4.69, 9.17) is 0 Å². The molecule has 0 saturated carbocycles. The second-order valence-electron chi connectivity index (χ2n) is 5.01. The number of nitrogens with one attached hydrogen (secondary N) is 1. The molecule has 1 aliphatic heterocycles. The molecule has 1 unspecified atom stereocenters. The van der Waals surface area contributed by atoms with Crippen molar-refractivity contribution in [2.45, 2.75) is 45.6 Å². The van der Waals surface area contributed by atoms with Crippen LogP contribution in [0.1, 0.15) is 38.4 Å². The molecule has 0 radical (unpaired) electrons. The molecule has 1 fully saturated rings. The third-order valence-electron chi connectivity index (χ3n) is 3.49. The van der Waals surface area contributed by atoms with E-state index in [1.807, 2.05) is 19.2 Å². The zero-order valence-corrected chi connectivity index (χ0v) is 11.5. The van der Waals surface area contributed by atoms with Crippen LogP contribution in [0, 0.1) is 6.92 Å². The molecule has 1 N–H and O–H groups in total. The van der Waals surface area contributed by atoms with Crippen molar-refractivity contribution in [3.8, 4) is 0 Å². The molecular weight excluding hydrogens is 224 g/mol. The Kier molecular flexibility index (Phi) is 4.93. The summed E-state index contributed by atoms with van der Waals surface area (Å²) >= 11 is 0. The van der Waals surface area contributed by atoms with Crippen LogP contribution in [0.4, 0.5) is 5.82 Å². The summed E-state index contributed by atoms with van der Waals surface area (Å²) in [6.45, 7) is 7.45. The Morgan fingerprint density at radius 3 is 3.11 bits per heavy atom. The van der Waals surface area contributed by atoms with Gasteiger partial charge in [0.25, 0.3) is 0 Å². The van der Waals surface area contributed by atoms with Crippen molar-refractivity contribution < 1.29 is 0 Å². The van der Waals surface area contributed by atoms with E-state index >= 15 is 0 Å². The van der Waals surface area contributed by atoms with E-state index in [0.717, 1.165) is 31.3 Å². The molecule has 1 aromatic heterocycles.